The first-order chi connectivity index (χ1) is 15.4. The third kappa shape index (κ3) is 4.00. The summed E-state index contributed by atoms with van der Waals surface area (Å²) in [4.78, 5) is 29.0. The second kappa shape index (κ2) is 8.67. The molecule has 2 aromatic heterocycles. The van der Waals surface area contributed by atoms with Gasteiger partial charge in [0.05, 0.1) is 25.9 Å². The molecule has 0 amide bonds. The lowest BCUT2D eigenvalue weighted by Crippen LogP contribution is -2.23. The maximum atomic E-state index is 12.9. The van der Waals surface area contributed by atoms with Crippen molar-refractivity contribution in [1.82, 2.24) is 14.6 Å². The monoisotopic (exact) mass is 453 g/mol. The Morgan fingerprint density at radius 2 is 1.66 bits per heavy atom. The number of nitrogens with zero attached hydrogens (tertiary/aromatic N) is 3. The van der Waals surface area contributed by atoms with Crippen LogP contribution in [0, 0.1) is 0 Å². The van der Waals surface area contributed by atoms with Gasteiger partial charge >= 0.3 is 5.97 Å². The van der Waals surface area contributed by atoms with Gasteiger partial charge in [-0.15, -0.1) is 5.10 Å². The van der Waals surface area contributed by atoms with Crippen LogP contribution in [-0.4, -0.2) is 41.9 Å². The number of thiazole rings is 1. The molecule has 0 aliphatic rings. The first-order valence-corrected chi connectivity index (χ1v) is 10.2. The van der Waals surface area contributed by atoms with Gasteiger partial charge in [-0.2, -0.15) is 9.50 Å². The number of hydrogen-bond acceptors (Lipinski definition) is 9. The van der Waals surface area contributed by atoms with Crippen molar-refractivity contribution in [3.8, 4) is 34.4 Å². The third-order valence-electron chi connectivity index (χ3n) is 4.56. The molecule has 0 bridgehead atoms. The van der Waals surface area contributed by atoms with Gasteiger partial charge in [-0.25, -0.2) is 0 Å². The molecule has 32 heavy (non-hydrogen) atoms. The van der Waals surface area contributed by atoms with Crippen molar-refractivity contribution in [1.29, 1.82) is 0 Å². The summed E-state index contributed by atoms with van der Waals surface area (Å²) < 4.78 is 22.7. The van der Waals surface area contributed by atoms with Crippen LogP contribution in [0.1, 0.15) is 12.5 Å². The van der Waals surface area contributed by atoms with Crippen LogP contribution in [0.3, 0.4) is 0 Å². The molecular formula is C22H19N3O6S. The van der Waals surface area contributed by atoms with E-state index in [0.717, 1.165) is 0 Å². The molecule has 0 unspecified atom stereocenters. The maximum Gasteiger partial charge on any atom is 0.308 e. The number of esters is 1. The number of carbonyl (C=O) groups is 1. The number of fused-ring (bicyclic) bond motifs is 1. The van der Waals surface area contributed by atoms with Crippen LogP contribution < -0.4 is 29.0 Å². The zero-order valence-electron chi connectivity index (χ0n) is 17.7. The van der Waals surface area contributed by atoms with E-state index in [0.29, 0.717) is 49.4 Å². The summed E-state index contributed by atoms with van der Waals surface area (Å²) >= 11 is 1.22. The fourth-order valence-electron chi connectivity index (χ4n) is 3.10. The lowest BCUT2D eigenvalue weighted by atomic mass is 10.2. The number of rotatable bonds is 6. The molecule has 164 valence electrons. The summed E-state index contributed by atoms with van der Waals surface area (Å²) in [7, 11) is 4.58. The summed E-state index contributed by atoms with van der Waals surface area (Å²) in [5.41, 5.74) is 1.13. The van der Waals surface area contributed by atoms with Crippen molar-refractivity contribution >= 4 is 28.3 Å². The van der Waals surface area contributed by atoms with Gasteiger partial charge in [0.25, 0.3) is 5.56 Å². The van der Waals surface area contributed by atoms with Gasteiger partial charge in [0.1, 0.15) is 0 Å². The molecule has 0 radical (unpaired) electrons. The van der Waals surface area contributed by atoms with Gasteiger partial charge in [0.2, 0.25) is 4.96 Å². The first-order valence-electron chi connectivity index (χ1n) is 9.43. The number of hydrogen-bond donors (Lipinski definition) is 0. The Kier molecular flexibility index (Phi) is 5.78. The van der Waals surface area contributed by atoms with E-state index >= 15 is 0 Å². The van der Waals surface area contributed by atoms with Crippen LogP contribution in [0.15, 0.2) is 41.2 Å². The average Bonchev–Trinajstić information content (AvgIpc) is 3.33. The van der Waals surface area contributed by atoms with E-state index in [2.05, 4.69) is 10.1 Å². The minimum Gasteiger partial charge on any atom is -0.493 e. The smallest absolute Gasteiger partial charge is 0.308 e. The van der Waals surface area contributed by atoms with E-state index in [-0.39, 0.29) is 5.56 Å². The fraction of sp³-hybridized carbons (Fsp3) is 0.182. The lowest BCUT2D eigenvalue weighted by molar-refractivity contribution is -0.132. The predicted octanol–water partition coefficient (Wildman–Crippen LogP) is 2.32. The first kappa shape index (κ1) is 21.3. The van der Waals surface area contributed by atoms with Gasteiger partial charge in [-0.05, 0) is 42.0 Å². The molecule has 0 saturated carbocycles. The van der Waals surface area contributed by atoms with Crippen molar-refractivity contribution in [3.63, 3.8) is 0 Å². The van der Waals surface area contributed by atoms with E-state index in [1.54, 1.807) is 56.7 Å². The van der Waals surface area contributed by atoms with Crippen LogP contribution in [0.5, 0.6) is 23.0 Å². The topological polar surface area (TPSA) is 101 Å². The van der Waals surface area contributed by atoms with Crippen molar-refractivity contribution in [2.75, 3.05) is 21.3 Å². The van der Waals surface area contributed by atoms with Crippen molar-refractivity contribution in [3.05, 3.63) is 56.8 Å². The Hall–Kier alpha value is -3.92. The highest BCUT2D eigenvalue weighted by atomic mass is 32.1. The zero-order valence-corrected chi connectivity index (χ0v) is 18.6. The molecule has 0 spiro atoms. The van der Waals surface area contributed by atoms with Gasteiger partial charge in [-0.1, -0.05) is 17.4 Å². The normalized spacial score (nSPS) is 11.6. The zero-order chi connectivity index (χ0) is 22.8. The van der Waals surface area contributed by atoms with Crippen molar-refractivity contribution < 1.29 is 23.7 Å². The Morgan fingerprint density at radius 3 is 2.31 bits per heavy atom. The van der Waals surface area contributed by atoms with Crippen LogP contribution in [0.4, 0.5) is 0 Å². The molecule has 10 heteroatoms. The molecule has 0 aliphatic heterocycles. The van der Waals surface area contributed by atoms with E-state index in [1.807, 2.05) is 0 Å². The summed E-state index contributed by atoms with van der Waals surface area (Å²) in [6.45, 7) is 1.31. The number of benzene rings is 2. The minimum absolute atomic E-state index is 0.285. The van der Waals surface area contributed by atoms with Crippen LogP contribution in [-0.2, 0) is 4.79 Å². The average molecular weight is 453 g/mol. The molecule has 4 rings (SSSR count). The predicted molar refractivity (Wildman–Crippen MR) is 119 cm³/mol. The van der Waals surface area contributed by atoms with E-state index in [9.17, 15) is 9.59 Å². The fourth-order valence-corrected chi connectivity index (χ4v) is 4.00. The van der Waals surface area contributed by atoms with Gasteiger partial charge in [0.15, 0.2) is 28.8 Å². The lowest BCUT2D eigenvalue weighted by Gasteiger charge is -2.08. The molecule has 0 saturated heterocycles. The van der Waals surface area contributed by atoms with Gasteiger partial charge in [0, 0.05) is 12.5 Å². The largest absolute Gasteiger partial charge is 0.493 e. The number of methoxy groups -OCH3 is 3. The van der Waals surface area contributed by atoms with E-state index < -0.39 is 5.97 Å². The molecule has 0 aliphatic carbocycles. The minimum atomic E-state index is -0.447. The number of ether oxygens (including phenoxy) is 4. The standard InChI is InChI=1S/C22H19N3O6S/c1-12(26)31-16-7-5-13(9-17(16)29-3)10-19-21(27)25-22(32-19)23-20(24-25)14-6-8-15(28-2)18(11-14)30-4/h5-11H,1-4H3/b19-10-. The summed E-state index contributed by atoms with van der Waals surface area (Å²) in [6, 6.07) is 10.3. The third-order valence-corrected chi connectivity index (χ3v) is 5.52. The Labute approximate surface area is 186 Å². The maximum absolute atomic E-state index is 12.9. The van der Waals surface area contributed by atoms with Gasteiger partial charge in [-0.3, -0.25) is 9.59 Å². The summed E-state index contributed by atoms with van der Waals surface area (Å²) in [5.74, 6) is 1.80. The quantitative estimate of drug-likeness (QED) is 0.324. The van der Waals surface area contributed by atoms with Crippen molar-refractivity contribution in [2.45, 2.75) is 6.92 Å². The molecule has 4 aromatic rings. The number of aromatic nitrogens is 3. The molecule has 0 atom stereocenters. The molecule has 2 heterocycles. The highest BCUT2D eigenvalue weighted by molar-refractivity contribution is 7.15. The van der Waals surface area contributed by atoms with Crippen LogP contribution in [0.2, 0.25) is 0 Å². The second-order valence-corrected chi connectivity index (χ2v) is 7.63. The summed E-state index contributed by atoms with van der Waals surface area (Å²) in [5, 5.41) is 4.36. The molecule has 0 fully saturated rings. The Bertz CT molecular complexity index is 1430. The Balaban J connectivity index is 1.72. The highest BCUT2D eigenvalue weighted by Gasteiger charge is 2.14. The Morgan fingerprint density at radius 1 is 0.969 bits per heavy atom. The van der Waals surface area contributed by atoms with Crippen LogP contribution in [0.25, 0.3) is 22.4 Å². The van der Waals surface area contributed by atoms with Crippen LogP contribution >= 0.6 is 11.3 Å². The molecule has 2 aromatic carbocycles. The molecule has 9 nitrogen and oxygen atoms in total. The molecule has 0 N–H and O–H groups in total. The summed E-state index contributed by atoms with van der Waals surface area (Å²) in [6.07, 6.45) is 1.71. The van der Waals surface area contributed by atoms with E-state index in [1.165, 1.54) is 29.9 Å². The van der Waals surface area contributed by atoms with Gasteiger partial charge < -0.3 is 18.9 Å². The second-order valence-electron chi connectivity index (χ2n) is 6.62. The highest BCUT2D eigenvalue weighted by Crippen LogP contribution is 2.31. The number of carbonyl (C=O) groups excluding carboxylic acids is 1. The van der Waals surface area contributed by atoms with Crippen molar-refractivity contribution in [2.24, 2.45) is 0 Å². The van der Waals surface area contributed by atoms with E-state index in [4.69, 9.17) is 18.9 Å². The SMILES string of the molecule is COc1ccc(-c2nc3s/c(=C\c4ccc(OC(C)=O)c(OC)c4)c(=O)n3n2)cc1OC. The molecular weight excluding hydrogens is 434 g/mol.